The molecule has 2 amide bonds. The van der Waals surface area contributed by atoms with Gasteiger partial charge in [0.2, 0.25) is 0 Å². The van der Waals surface area contributed by atoms with Gasteiger partial charge in [-0.1, -0.05) is 63.8 Å². The lowest BCUT2D eigenvalue weighted by Crippen LogP contribution is -2.56. The Morgan fingerprint density at radius 2 is 1.70 bits per heavy atom. The van der Waals surface area contributed by atoms with Crippen LogP contribution >= 0.6 is 0 Å². The van der Waals surface area contributed by atoms with Crippen LogP contribution in [-0.4, -0.2) is 47.1 Å². The molecule has 0 bridgehead atoms. The van der Waals surface area contributed by atoms with E-state index in [1.807, 2.05) is 45.0 Å². The first-order valence-corrected chi connectivity index (χ1v) is 13.1. The van der Waals surface area contributed by atoms with Crippen molar-refractivity contribution in [3.05, 3.63) is 63.7 Å². The fourth-order valence-electron chi connectivity index (χ4n) is 4.85. The van der Waals surface area contributed by atoms with Gasteiger partial charge in [0.05, 0.1) is 13.2 Å². The van der Waals surface area contributed by atoms with Gasteiger partial charge in [0.1, 0.15) is 5.75 Å². The molecule has 1 unspecified atom stereocenters. The maximum atomic E-state index is 13.9. The van der Waals surface area contributed by atoms with Gasteiger partial charge in [0, 0.05) is 16.7 Å². The Morgan fingerprint density at radius 3 is 2.22 bits per heavy atom. The van der Waals surface area contributed by atoms with E-state index in [0.717, 1.165) is 29.5 Å². The molecular weight excluding hydrogens is 467 g/mol. The van der Waals surface area contributed by atoms with Crippen LogP contribution in [0.4, 0.5) is 0 Å². The molecule has 2 aromatic carbocycles. The highest BCUT2D eigenvalue weighted by atomic mass is 16.5. The Kier molecular flexibility index (Phi) is 10.8. The predicted molar refractivity (Wildman–Crippen MR) is 149 cm³/mol. The van der Waals surface area contributed by atoms with Crippen LogP contribution in [0, 0.1) is 26.2 Å². The lowest BCUT2D eigenvalue weighted by atomic mass is 9.83. The van der Waals surface area contributed by atoms with Crippen LogP contribution in [0.1, 0.15) is 89.9 Å². The molecule has 1 atom stereocenters. The number of carbonyl (C=O) groups is 2. The Morgan fingerprint density at radius 1 is 1.08 bits per heavy atom. The van der Waals surface area contributed by atoms with Crippen molar-refractivity contribution < 1.29 is 24.4 Å². The normalized spacial score (nSPS) is 12.2. The molecule has 202 valence electrons. The van der Waals surface area contributed by atoms with Gasteiger partial charge < -0.3 is 14.8 Å². The lowest BCUT2D eigenvalue weighted by Gasteiger charge is -2.40. The first kappa shape index (κ1) is 30.4. The molecule has 0 saturated carbocycles. The van der Waals surface area contributed by atoms with Gasteiger partial charge in [0.25, 0.3) is 11.8 Å². The average Bonchev–Trinajstić information content (AvgIpc) is 2.79. The molecular formula is C29H43BN2O5. The van der Waals surface area contributed by atoms with Crippen LogP contribution in [0.25, 0.3) is 0 Å². The molecule has 0 heterocycles. The zero-order valence-electron chi connectivity index (χ0n) is 23.6. The number of methoxy groups -OCH3 is 1. The Hall–Kier alpha value is -2.84. The molecule has 0 aliphatic heterocycles. The van der Waals surface area contributed by atoms with E-state index in [0.29, 0.717) is 35.3 Å². The number of aryl methyl sites for hydroxylation is 3. The van der Waals surface area contributed by atoms with Crippen molar-refractivity contribution in [3.63, 3.8) is 0 Å². The highest BCUT2D eigenvalue weighted by molar-refractivity contribution is 6.40. The number of hydrogen-bond donors (Lipinski definition) is 3. The van der Waals surface area contributed by atoms with Gasteiger partial charge in [-0.05, 0) is 69.1 Å². The second kappa shape index (κ2) is 13.1. The topological polar surface area (TPSA) is 99.1 Å². The summed E-state index contributed by atoms with van der Waals surface area (Å²) >= 11 is 0. The van der Waals surface area contributed by atoms with Gasteiger partial charge in [-0.15, -0.1) is 0 Å². The second-order valence-corrected chi connectivity index (χ2v) is 11.0. The van der Waals surface area contributed by atoms with E-state index >= 15 is 0 Å². The third kappa shape index (κ3) is 8.07. The molecule has 0 saturated heterocycles. The molecule has 2 aromatic rings. The Labute approximate surface area is 222 Å². The van der Waals surface area contributed by atoms with E-state index in [9.17, 15) is 9.59 Å². The monoisotopic (exact) mass is 510 g/mol. The van der Waals surface area contributed by atoms with Crippen LogP contribution in [0.15, 0.2) is 30.3 Å². The molecule has 2 rings (SSSR count). The number of amides is 2. The fourth-order valence-corrected chi connectivity index (χ4v) is 4.85. The summed E-state index contributed by atoms with van der Waals surface area (Å²) in [7, 11) is 0.206. The Balaban J connectivity index is 2.47. The molecule has 8 heteroatoms. The average molecular weight is 510 g/mol. The summed E-state index contributed by atoms with van der Waals surface area (Å²) in [6.07, 6.45) is 3.01. The summed E-state index contributed by atoms with van der Waals surface area (Å²) in [4.78, 5) is 27.5. The lowest BCUT2D eigenvalue weighted by molar-refractivity contribution is 0.0270. The van der Waals surface area contributed by atoms with Crippen LogP contribution in [0.5, 0.6) is 5.75 Å². The minimum absolute atomic E-state index is 0.221. The third-order valence-corrected chi connectivity index (χ3v) is 6.63. The summed E-state index contributed by atoms with van der Waals surface area (Å²) in [5.41, 5.74) is 7.18. The summed E-state index contributed by atoms with van der Waals surface area (Å²) in [5.74, 6) is -0.0262. The number of hydrogen-bond acceptors (Lipinski definition) is 5. The van der Waals surface area contributed by atoms with Crippen molar-refractivity contribution >= 4 is 18.9 Å². The van der Waals surface area contributed by atoms with E-state index in [-0.39, 0.29) is 29.6 Å². The molecule has 0 aliphatic rings. The molecule has 0 fully saturated rings. The minimum atomic E-state index is -1.35. The highest BCUT2D eigenvalue weighted by Gasteiger charge is 2.35. The second-order valence-electron chi connectivity index (χ2n) is 11.0. The number of ether oxygens (including phenoxy) is 1. The SMILES string of the molecule is CCCC(N(NC(=O)c1ccc(CCCB(O)O)c(OC)c1C)C(=O)c1cc(C)cc(C)c1)C(C)(C)C. The fraction of sp³-hybridized carbons (Fsp3) is 0.517. The van der Waals surface area contributed by atoms with Crippen molar-refractivity contribution in [2.24, 2.45) is 5.41 Å². The van der Waals surface area contributed by atoms with E-state index in [1.165, 1.54) is 5.01 Å². The molecule has 0 spiro atoms. The van der Waals surface area contributed by atoms with Gasteiger partial charge in [-0.2, -0.15) is 0 Å². The van der Waals surface area contributed by atoms with Crippen molar-refractivity contribution in [2.45, 2.75) is 86.5 Å². The van der Waals surface area contributed by atoms with Crippen LogP contribution in [0.2, 0.25) is 6.32 Å². The predicted octanol–water partition coefficient (Wildman–Crippen LogP) is 5.03. The molecule has 0 radical (unpaired) electrons. The van der Waals surface area contributed by atoms with Crippen molar-refractivity contribution in [1.29, 1.82) is 0 Å². The maximum absolute atomic E-state index is 13.9. The van der Waals surface area contributed by atoms with E-state index in [4.69, 9.17) is 14.8 Å². The number of nitrogens with zero attached hydrogens (tertiary/aromatic N) is 1. The largest absolute Gasteiger partial charge is 0.496 e. The van der Waals surface area contributed by atoms with Gasteiger partial charge >= 0.3 is 7.12 Å². The molecule has 3 N–H and O–H groups in total. The summed E-state index contributed by atoms with van der Waals surface area (Å²) in [6, 6.07) is 9.07. The van der Waals surface area contributed by atoms with E-state index in [1.54, 1.807) is 13.2 Å². The van der Waals surface area contributed by atoms with E-state index < -0.39 is 7.12 Å². The quantitative estimate of drug-likeness (QED) is 0.308. The molecule has 0 aromatic heterocycles. The Bertz CT molecular complexity index is 1070. The maximum Gasteiger partial charge on any atom is 0.451 e. The summed E-state index contributed by atoms with van der Waals surface area (Å²) < 4.78 is 5.63. The number of benzene rings is 2. The third-order valence-electron chi connectivity index (χ3n) is 6.63. The molecule has 37 heavy (non-hydrogen) atoms. The minimum Gasteiger partial charge on any atom is -0.496 e. The molecule has 0 aliphatic carbocycles. The summed E-state index contributed by atoms with van der Waals surface area (Å²) in [5, 5.41) is 19.8. The van der Waals surface area contributed by atoms with E-state index in [2.05, 4.69) is 33.1 Å². The number of nitrogens with one attached hydrogen (secondary N) is 1. The zero-order chi connectivity index (χ0) is 27.9. The van der Waals surface area contributed by atoms with Gasteiger partial charge in [-0.25, -0.2) is 5.01 Å². The van der Waals surface area contributed by atoms with Crippen molar-refractivity contribution in [2.75, 3.05) is 7.11 Å². The van der Waals surface area contributed by atoms with Gasteiger partial charge in [0.15, 0.2) is 0 Å². The van der Waals surface area contributed by atoms with Crippen molar-refractivity contribution in [1.82, 2.24) is 10.4 Å². The van der Waals surface area contributed by atoms with Crippen LogP contribution in [-0.2, 0) is 6.42 Å². The van der Waals surface area contributed by atoms with Crippen LogP contribution in [0.3, 0.4) is 0 Å². The van der Waals surface area contributed by atoms with Gasteiger partial charge in [-0.3, -0.25) is 15.0 Å². The van der Waals surface area contributed by atoms with Crippen LogP contribution < -0.4 is 10.2 Å². The standard InChI is InChI=1S/C29H43BN2O5/c1-9-11-25(29(5,6)7)32(28(34)23-17-19(2)16-20(3)18-23)31-27(33)24-14-13-22(12-10-15-30(35)36)26(37-8)21(24)4/h13-14,16-18,25,35-36H,9-12,15H2,1-8H3,(H,31,33). The number of hydrazine groups is 1. The first-order chi connectivity index (χ1) is 17.3. The first-order valence-electron chi connectivity index (χ1n) is 13.1. The van der Waals surface area contributed by atoms with Crippen molar-refractivity contribution in [3.8, 4) is 5.75 Å². The summed E-state index contributed by atoms with van der Waals surface area (Å²) in [6.45, 7) is 14.0. The number of carbonyl (C=O) groups excluding carboxylic acids is 2. The number of rotatable bonds is 10. The smallest absolute Gasteiger partial charge is 0.451 e. The zero-order valence-corrected chi connectivity index (χ0v) is 23.6. The highest BCUT2D eigenvalue weighted by Crippen LogP contribution is 2.31. The molecule has 7 nitrogen and oxygen atoms in total.